The maximum atomic E-state index is 8.24. The molecule has 0 aliphatic rings. The molecular formula is CHO2V-. The molecule has 0 amide bonds. The minimum atomic E-state index is 0. The molecule has 0 saturated heterocycles. The van der Waals surface area contributed by atoms with Gasteiger partial charge < -0.3 is 9.90 Å². The predicted molar refractivity (Wildman–Crippen MR) is 8.32 cm³/mol. The quantitative estimate of drug-likeness (QED) is 0.417. The predicted octanol–water partition coefficient (Wildman–Crippen LogP) is -0.391. The van der Waals surface area contributed by atoms with Crippen LogP contribution < -0.4 is 0 Å². The van der Waals surface area contributed by atoms with Crippen LogP contribution in [-0.4, -0.2) is 11.6 Å². The minimum absolute atomic E-state index is 0. The van der Waals surface area contributed by atoms with Crippen molar-refractivity contribution in [3.8, 4) is 0 Å². The molecule has 0 unspecified atom stereocenters. The Kier molecular flexibility index (Phi) is 26.0. The molecule has 0 aromatic carbocycles. The average Bonchev–Trinajstić information content (AvgIpc) is 0.918. The molecule has 0 aromatic rings. The third-order valence-corrected chi connectivity index (χ3v) is 0. The maximum Gasteiger partial charge on any atom is 0 e. The Morgan fingerprint density at radius 3 is 1.75 bits per heavy atom. The first-order valence-corrected chi connectivity index (χ1v) is 0.428. The molecular weight excluding hydrogens is 95.0 g/mol. The summed E-state index contributed by atoms with van der Waals surface area (Å²) in [5, 5.41) is 6.76. The summed E-state index contributed by atoms with van der Waals surface area (Å²) >= 11 is 0. The summed E-state index contributed by atoms with van der Waals surface area (Å²) in [4.78, 5) is 8.24. The van der Waals surface area contributed by atoms with Crippen molar-refractivity contribution in [2.45, 2.75) is 0 Å². The van der Waals surface area contributed by atoms with Gasteiger partial charge >= 0.3 is 0 Å². The zero-order valence-corrected chi connectivity index (χ0v) is 3.20. The van der Waals surface area contributed by atoms with E-state index in [-0.39, 0.29) is 18.6 Å². The Bertz CT molecular complexity index is 13.5. The Balaban J connectivity index is 0. The van der Waals surface area contributed by atoms with Gasteiger partial charge in [-0.15, -0.1) is 0 Å². The van der Waals surface area contributed by atoms with Crippen LogP contribution in [-0.2, 0) is 23.4 Å². The summed E-state index contributed by atoms with van der Waals surface area (Å²) in [5.74, 6) is 0. The first-order chi connectivity index (χ1) is 1.41. The molecule has 0 saturated carbocycles. The van der Waals surface area contributed by atoms with Crippen molar-refractivity contribution in [3.63, 3.8) is 0 Å². The van der Waals surface area contributed by atoms with Crippen LogP contribution in [0.2, 0.25) is 0 Å². The second-order valence-corrected chi connectivity index (χ2v) is 0.0913. The summed E-state index contributed by atoms with van der Waals surface area (Å²) < 4.78 is 0. The van der Waals surface area contributed by atoms with Crippen LogP contribution in [0.5, 0.6) is 0 Å². The Hall–Kier alpha value is 0.0544. The summed E-state index contributed by atoms with van der Waals surface area (Å²) in [6.07, 6.45) is 0. The van der Waals surface area contributed by atoms with E-state index in [2.05, 4.69) is 0 Å². The average molecular weight is 96.0 g/mol. The molecule has 0 bridgehead atoms. The van der Waals surface area contributed by atoms with Gasteiger partial charge in [0.15, 0.2) is 0 Å². The van der Waals surface area contributed by atoms with Crippen LogP contribution >= 0.6 is 0 Å². The van der Waals surface area contributed by atoms with E-state index < -0.39 is 0 Å². The van der Waals surface area contributed by atoms with Gasteiger partial charge in [-0.25, -0.2) is 0 Å². The fourth-order valence-corrected chi connectivity index (χ4v) is 0. The summed E-state index contributed by atoms with van der Waals surface area (Å²) in [7, 11) is 0. The fourth-order valence-electron chi connectivity index (χ4n) is 0. The van der Waals surface area contributed by atoms with Gasteiger partial charge in [-0.2, -0.15) is 0 Å². The van der Waals surface area contributed by atoms with Crippen molar-refractivity contribution in [2.75, 3.05) is 0 Å². The zero-order valence-electron chi connectivity index (χ0n) is 1.80. The van der Waals surface area contributed by atoms with Gasteiger partial charge in [-0.05, 0) is 0 Å². The summed E-state index contributed by atoms with van der Waals surface area (Å²) in [5.41, 5.74) is 0. The normalized spacial score (nSPS) is 3.00. The van der Waals surface area contributed by atoms with Crippen molar-refractivity contribution < 1.29 is 28.5 Å². The van der Waals surface area contributed by atoms with Crippen LogP contribution in [0.3, 0.4) is 0 Å². The van der Waals surface area contributed by atoms with Crippen LogP contribution in [0.25, 0.3) is 0 Å². The van der Waals surface area contributed by atoms with Crippen molar-refractivity contribution in [1.82, 2.24) is 0 Å². The molecule has 0 fully saturated rings. The van der Waals surface area contributed by atoms with E-state index in [0.29, 0.717) is 6.47 Å². The maximum absolute atomic E-state index is 8.24. The molecule has 4 heavy (non-hydrogen) atoms. The monoisotopic (exact) mass is 95.9 g/mol. The Morgan fingerprint density at radius 1 is 1.75 bits per heavy atom. The smallest absolute Gasteiger partial charge is 0 e. The molecule has 0 aliphatic carbocycles. The first-order valence-electron chi connectivity index (χ1n) is 0.428. The van der Waals surface area contributed by atoms with Crippen LogP contribution in [0.1, 0.15) is 0 Å². The van der Waals surface area contributed by atoms with Crippen molar-refractivity contribution in [2.24, 2.45) is 0 Å². The van der Waals surface area contributed by atoms with Crippen LogP contribution in [0.4, 0.5) is 0 Å². The third kappa shape index (κ3) is 771. The summed E-state index contributed by atoms with van der Waals surface area (Å²) in [6, 6.07) is 0. The van der Waals surface area contributed by atoms with E-state index in [4.69, 9.17) is 9.90 Å². The largest absolute Gasteiger partial charge is 0.665 e. The van der Waals surface area contributed by atoms with Gasteiger partial charge in [0, 0.05) is 18.6 Å². The van der Waals surface area contributed by atoms with E-state index in [1.165, 1.54) is 0 Å². The molecule has 0 atom stereocenters. The second kappa shape index (κ2) is 11.6. The van der Waals surface area contributed by atoms with Gasteiger partial charge in [-0.3, -0.25) is 0 Å². The topological polar surface area (TPSA) is 37.3 Å². The number of hydrogen-bond donors (Lipinski definition) is 1. The second-order valence-electron chi connectivity index (χ2n) is 0.0913. The van der Waals surface area contributed by atoms with Gasteiger partial charge in [0.1, 0.15) is 0 Å². The molecule has 0 aliphatic heterocycles. The van der Waals surface area contributed by atoms with Gasteiger partial charge in [0.25, 0.3) is 0 Å². The SMILES string of the molecule is O=[C-]O.[V]. The first kappa shape index (κ1) is 8.96. The van der Waals surface area contributed by atoms with E-state index in [0.717, 1.165) is 0 Å². The third-order valence-electron chi connectivity index (χ3n) is 0. The van der Waals surface area contributed by atoms with E-state index in [1.54, 1.807) is 0 Å². The van der Waals surface area contributed by atoms with Crippen molar-refractivity contribution in [1.29, 1.82) is 0 Å². The molecule has 0 spiro atoms. The van der Waals surface area contributed by atoms with E-state index in [9.17, 15) is 0 Å². The molecule has 0 heterocycles. The molecule has 2 nitrogen and oxygen atoms in total. The molecule has 3 heteroatoms. The van der Waals surface area contributed by atoms with Crippen LogP contribution in [0, 0.1) is 0 Å². The Labute approximate surface area is 35.7 Å². The number of rotatable bonds is 0. The van der Waals surface area contributed by atoms with Gasteiger partial charge in [0.05, 0.1) is 0 Å². The van der Waals surface area contributed by atoms with Crippen LogP contribution in [0.15, 0.2) is 0 Å². The van der Waals surface area contributed by atoms with Crippen molar-refractivity contribution in [3.05, 3.63) is 0 Å². The molecule has 1 N–H and O–H groups in total. The van der Waals surface area contributed by atoms with Gasteiger partial charge in [0.2, 0.25) is 0 Å². The Morgan fingerprint density at radius 2 is 1.75 bits per heavy atom. The molecule has 23 valence electrons. The molecule has 0 rings (SSSR count). The molecule has 0 aromatic heterocycles. The number of hydrogen-bond acceptors (Lipinski definition) is 1. The standard InChI is InChI=1S/CHO2.V/c2-1-3;/h(H,2,3);/q-1;. The number of aliphatic hydroxyl groups excluding tert-OH is 1. The van der Waals surface area contributed by atoms with E-state index in [1.807, 2.05) is 0 Å². The van der Waals surface area contributed by atoms with Crippen molar-refractivity contribution >= 4 is 6.47 Å². The fraction of sp³-hybridized carbons (Fsp3) is 0. The summed E-state index contributed by atoms with van der Waals surface area (Å²) in [6.45, 7) is 0.500. The van der Waals surface area contributed by atoms with Gasteiger partial charge in [-0.1, -0.05) is 6.47 Å². The van der Waals surface area contributed by atoms with E-state index >= 15 is 0 Å². The minimum Gasteiger partial charge on any atom is -0.665 e. The zero-order chi connectivity index (χ0) is 2.71. The molecule has 1 radical (unpaired) electrons.